The zero-order valence-corrected chi connectivity index (χ0v) is 20.8. The molecule has 5 rings (SSSR count). The Labute approximate surface area is 209 Å². The highest BCUT2D eigenvalue weighted by atomic mass is 32.1. The van der Waals surface area contributed by atoms with Crippen LogP contribution in [-0.4, -0.2) is 41.2 Å². The molecule has 1 aliphatic carbocycles. The predicted octanol–water partition coefficient (Wildman–Crippen LogP) is 4.87. The number of hydrogen-bond acceptors (Lipinski definition) is 6. The summed E-state index contributed by atoms with van der Waals surface area (Å²) >= 11 is 1.61. The van der Waals surface area contributed by atoms with Crippen molar-refractivity contribution < 1.29 is 9.53 Å². The lowest BCUT2D eigenvalue weighted by Crippen LogP contribution is -2.41. The molecule has 0 saturated carbocycles. The van der Waals surface area contributed by atoms with Crippen molar-refractivity contribution in [2.45, 2.75) is 51.3 Å². The van der Waals surface area contributed by atoms with Crippen LogP contribution >= 0.6 is 11.3 Å². The van der Waals surface area contributed by atoms with Gasteiger partial charge in [0, 0.05) is 30.9 Å². The lowest BCUT2D eigenvalue weighted by atomic mass is 10.0. The van der Waals surface area contributed by atoms with Crippen LogP contribution in [0.15, 0.2) is 42.6 Å². The Hall–Kier alpha value is -3.41. The monoisotopic (exact) mass is 487 g/mol. The van der Waals surface area contributed by atoms with E-state index in [0.29, 0.717) is 24.4 Å². The van der Waals surface area contributed by atoms with Crippen molar-refractivity contribution in [1.29, 1.82) is 5.26 Å². The van der Waals surface area contributed by atoms with E-state index in [1.54, 1.807) is 11.3 Å². The van der Waals surface area contributed by atoms with Crippen LogP contribution in [0.1, 0.15) is 49.4 Å². The molecule has 180 valence electrons. The molecule has 1 saturated heterocycles. The topological polar surface area (TPSA) is 104 Å². The van der Waals surface area contributed by atoms with Crippen LogP contribution in [0.2, 0.25) is 0 Å². The number of likely N-dealkylation sites (tertiary alicyclic amines) is 1. The Morgan fingerprint density at radius 2 is 2.17 bits per heavy atom. The Bertz CT molecular complexity index is 1290. The van der Waals surface area contributed by atoms with E-state index in [0.717, 1.165) is 40.3 Å². The molecule has 2 aromatic carbocycles. The number of thiazole rings is 1. The number of nitrogens with two attached hydrogens (primary N) is 1. The Balaban J connectivity index is 1.37. The molecule has 2 heterocycles. The van der Waals surface area contributed by atoms with Crippen LogP contribution in [0.25, 0.3) is 21.0 Å². The van der Waals surface area contributed by atoms with Crippen molar-refractivity contribution in [2.24, 2.45) is 5.73 Å². The highest BCUT2D eigenvalue weighted by Crippen LogP contribution is 2.41. The van der Waals surface area contributed by atoms with Crippen molar-refractivity contribution >= 4 is 17.4 Å². The first kappa shape index (κ1) is 23.3. The number of urea groups is 1. The normalized spacial score (nSPS) is 19.0. The van der Waals surface area contributed by atoms with Gasteiger partial charge in [0.15, 0.2) is 0 Å². The molecule has 3 aromatic rings. The highest BCUT2D eigenvalue weighted by molar-refractivity contribution is 7.18. The zero-order valence-electron chi connectivity index (χ0n) is 20.0. The first-order chi connectivity index (χ1) is 16.9. The van der Waals surface area contributed by atoms with Crippen molar-refractivity contribution in [2.75, 3.05) is 13.1 Å². The summed E-state index contributed by atoms with van der Waals surface area (Å²) in [6.45, 7) is 5.22. The first-order valence-corrected chi connectivity index (χ1v) is 12.8. The Morgan fingerprint density at radius 3 is 2.91 bits per heavy atom. The standard InChI is InChI=1S/C27H29N5O2S/c1-16(2)34-24-9-6-17(12-18(24)13-28)26-30-14-25(35-26)22-5-3-4-21-20(22)7-8-23(21)31-27(33)32-11-10-19(29)15-32/h3-6,9,12,14,16,19,23H,7-8,10-11,15,29H2,1-2H3,(H,31,33)/t19?,23-/m0/s1. The average molecular weight is 488 g/mol. The number of nitrogens with one attached hydrogen (secondary N) is 1. The van der Waals surface area contributed by atoms with Gasteiger partial charge in [-0.15, -0.1) is 11.3 Å². The fourth-order valence-electron chi connectivity index (χ4n) is 4.89. The summed E-state index contributed by atoms with van der Waals surface area (Å²) in [5.41, 5.74) is 11.0. The quantitative estimate of drug-likeness (QED) is 0.534. The lowest BCUT2D eigenvalue weighted by molar-refractivity contribution is 0.204. The molecule has 3 N–H and O–H groups in total. The van der Waals surface area contributed by atoms with Crippen molar-refractivity contribution in [3.8, 4) is 32.8 Å². The van der Waals surface area contributed by atoms with Crippen LogP contribution in [-0.2, 0) is 6.42 Å². The first-order valence-electron chi connectivity index (χ1n) is 12.0. The Kier molecular flexibility index (Phi) is 6.46. The summed E-state index contributed by atoms with van der Waals surface area (Å²) in [6, 6.07) is 14.2. The molecule has 1 fully saturated rings. The molecule has 7 nitrogen and oxygen atoms in total. The second-order valence-electron chi connectivity index (χ2n) is 9.43. The van der Waals surface area contributed by atoms with Crippen molar-refractivity contribution in [3.05, 3.63) is 59.3 Å². The lowest BCUT2D eigenvalue weighted by Gasteiger charge is -2.21. The molecule has 1 aliphatic heterocycles. The van der Waals surface area contributed by atoms with Gasteiger partial charge in [0.2, 0.25) is 0 Å². The van der Waals surface area contributed by atoms with Gasteiger partial charge in [-0.25, -0.2) is 9.78 Å². The number of carbonyl (C=O) groups is 1. The van der Waals surface area contributed by atoms with Crippen molar-refractivity contribution in [1.82, 2.24) is 15.2 Å². The number of aromatic nitrogens is 1. The number of nitrogens with zero attached hydrogens (tertiary/aromatic N) is 3. The molecule has 2 aliphatic rings. The van der Waals surface area contributed by atoms with Crippen LogP contribution in [0.3, 0.4) is 0 Å². The maximum atomic E-state index is 12.7. The van der Waals surface area contributed by atoms with Crippen LogP contribution in [0.4, 0.5) is 4.79 Å². The number of ether oxygens (including phenoxy) is 1. The maximum absolute atomic E-state index is 12.7. The van der Waals surface area contributed by atoms with Crippen LogP contribution < -0.4 is 15.8 Å². The molecular weight excluding hydrogens is 458 g/mol. The van der Waals surface area contributed by atoms with Crippen molar-refractivity contribution in [3.63, 3.8) is 0 Å². The summed E-state index contributed by atoms with van der Waals surface area (Å²) < 4.78 is 5.75. The fourth-order valence-corrected chi connectivity index (χ4v) is 5.85. The fraction of sp³-hybridized carbons (Fsp3) is 0.370. The number of rotatable bonds is 5. The zero-order chi connectivity index (χ0) is 24.5. The third-order valence-electron chi connectivity index (χ3n) is 6.56. The van der Waals surface area contributed by atoms with E-state index in [1.807, 2.05) is 43.1 Å². The maximum Gasteiger partial charge on any atom is 0.317 e. The number of fused-ring (bicyclic) bond motifs is 1. The largest absolute Gasteiger partial charge is 0.490 e. The SMILES string of the molecule is CC(C)Oc1ccc(-c2ncc(-c3cccc4c3CC[C@@H]4NC(=O)N3CCC(N)C3)s2)cc1C#N. The number of hydrogen-bond donors (Lipinski definition) is 2. The second-order valence-corrected chi connectivity index (χ2v) is 10.5. The van der Waals surface area contributed by atoms with Gasteiger partial charge in [-0.3, -0.25) is 0 Å². The highest BCUT2D eigenvalue weighted by Gasteiger charge is 2.30. The predicted molar refractivity (Wildman–Crippen MR) is 137 cm³/mol. The molecule has 1 unspecified atom stereocenters. The number of carbonyl (C=O) groups excluding carboxylic acids is 1. The van der Waals surface area contributed by atoms with Gasteiger partial charge < -0.3 is 20.7 Å². The van der Waals surface area contributed by atoms with Gasteiger partial charge in [0.1, 0.15) is 16.8 Å². The molecule has 1 aromatic heterocycles. The molecule has 0 bridgehead atoms. The summed E-state index contributed by atoms with van der Waals surface area (Å²) in [5.74, 6) is 0.591. The summed E-state index contributed by atoms with van der Waals surface area (Å²) in [4.78, 5) is 20.3. The number of benzene rings is 2. The molecule has 0 radical (unpaired) electrons. The molecule has 2 amide bonds. The van der Waals surface area contributed by atoms with Crippen LogP contribution in [0.5, 0.6) is 5.75 Å². The smallest absolute Gasteiger partial charge is 0.317 e. The molecular formula is C27H29N5O2S. The van der Waals surface area contributed by atoms with E-state index in [9.17, 15) is 10.1 Å². The summed E-state index contributed by atoms with van der Waals surface area (Å²) in [7, 11) is 0. The van der Waals surface area contributed by atoms with Gasteiger partial charge in [-0.2, -0.15) is 5.26 Å². The Morgan fingerprint density at radius 1 is 1.31 bits per heavy atom. The van der Waals surface area contributed by atoms with Gasteiger partial charge in [-0.1, -0.05) is 18.2 Å². The van der Waals surface area contributed by atoms with Gasteiger partial charge >= 0.3 is 6.03 Å². The van der Waals surface area contributed by atoms with E-state index >= 15 is 0 Å². The van der Waals surface area contributed by atoms with Gasteiger partial charge in [0.05, 0.1) is 22.6 Å². The number of nitriles is 1. The van der Waals surface area contributed by atoms with E-state index in [1.165, 1.54) is 11.1 Å². The molecule has 8 heteroatoms. The average Bonchev–Trinajstić information content (AvgIpc) is 3.59. The molecule has 2 atom stereocenters. The van der Waals surface area contributed by atoms with Crippen LogP contribution in [0, 0.1) is 11.3 Å². The summed E-state index contributed by atoms with van der Waals surface area (Å²) in [5, 5.41) is 13.7. The third kappa shape index (κ3) is 4.75. The number of amides is 2. The minimum atomic E-state index is -0.0283. The second kappa shape index (κ2) is 9.68. The minimum Gasteiger partial charge on any atom is -0.490 e. The minimum absolute atomic E-state index is 0.00105. The van der Waals surface area contributed by atoms with E-state index in [-0.39, 0.29) is 24.2 Å². The third-order valence-corrected chi connectivity index (χ3v) is 7.64. The van der Waals surface area contributed by atoms with E-state index in [4.69, 9.17) is 10.5 Å². The van der Waals surface area contributed by atoms with Gasteiger partial charge in [0.25, 0.3) is 0 Å². The molecule has 35 heavy (non-hydrogen) atoms. The van der Waals surface area contributed by atoms with E-state index in [2.05, 4.69) is 34.6 Å². The van der Waals surface area contributed by atoms with E-state index < -0.39 is 0 Å². The molecule has 0 spiro atoms. The van der Waals surface area contributed by atoms with Gasteiger partial charge in [-0.05, 0) is 68.0 Å². The summed E-state index contributed by atoms with van der Waals surface area (Å²) in [6.07, 6.45) is 4.55.